The lowest BCUT2D eigenvalue weighted by molar-refractivity contribution is 0.607. The lowest BCUT2D eigenvalue weighted by Crippen LogP contribution is -2.17. The molecule has 4 heteroatoms. The standard InChI is InChI=1S/C15H12F2N2/c1-19(10-12-4-2-3-5-15(12)17)14-7-11(9-18)6-13(16)8-14/h2-8H,10H2,1H3. The molecule has 19 heavy (non-hydrogen) atoms. The van der Waals surface area contributed by atoms with E-state index in [9.17, 15) is 8.78 Å². The summed E-state index contributed by atoms with van der Waals surface area (Å²) in [5.41, 5.74) is 1.31. The third-order valence-electron chi connectivity index (χ3n) is 2.82. The molecule has 0 aromatic heterocycles. The van der Waals surface area contributed by atoms with E-state index in [2.05, 4.69) is 0 Å². The molecule has 0 fully saturated rings. The lowest BCUT2D eigenvalue weighted by atomic mass is 10.1. The summed E-state index contributed by atoms with van der Waals surface area (Å²) >= 11 is 0. The van der Waals surface area contributed by atoms with Gasteiger partial charge in [0.25, 0.3) is 0 Å². The molecule has 0 bridgehead atoms. The summed E-state index contributed by atoms with van der Waals surface area (Å²) in [6, 6.07) is 12.4. The predicted molar refractivity (Wildman–Crippen MR) is 69.6 cm³/mol. The SMILES string of the molecule is CN(Cc1ccccc1F)c1cc(F)cc(C#N)c1. The van der Waals surface area contributed by atoms with Gasteiger partial charge in [0.2, 0.25) is 0 Å². The summed E-state index contributed by atoms with van der Waals surface area (Å²) < 4.78 is 26.9. The van der Waals surface area contributed by atoms with E-state index in [0.29, 0.717) is 17.8 Å². The van der Waals surface area contributed by atoms with Gasteiger partial charge < -0.3 is 4.90 Å². The van der Waals surface area contributed by atoms with Gasteiger partial charge in [0.05, 0.1) is 11.6 Å². The number of nitriles is 1. The summed E-state index contributed by atoms with van der Waals surface area (Å²) in [6.07, 6.45) is 0. The number of nitrogens with zero attached hydrogens (tertiary/aromatic N) is 2. The Kier molecular flexibility index (Phi) is 3.76. The predicted octanol–water partition coefficient (Wildman–Crippen LogP) is 3.47. The van der Waals surface area contributed by atoms with E-state index in [1.807, 2.05) is 6.07 Å². The van der Waals surface area contributed by atoms with Gasteiger partial charge in [0.1, 0.15) is 11.6 Å². The van der Waals surface area contributed by atoms with Crippen molar-refractivity contribution in [1.82, 2.24) is 0 Å². The fraction of sp³-hybridized carbons (Fsp3) is 0.133. The van der Waals surface area contributed by atoms with Crippen LogP contribution in [0.15, 0.2) is 42.5 Å². The number of rotatable bonds is 3. The number of hydrogen-bond donors (Lipinski definition) is 0. The molecular weight excluding hydrogens is 246 g/mol. The molecule has 0 spiro atoms. The van der Waals surface area contributed by atoms with Gasteiger partial charge in [-0.05, 0) is 24.3 Å². The van der Waals surface area contributed by atoms with Crippen molar-refractivity contribution in [2.45, 2.75) is 6.54 Å². The summed E-state index contributed by atoms with van der Waals surface area (Å²) in [5.74, 6) is -0.777. The van der Waals surface area contributed by atoms with Crippen molar-refractivity contribution in [3.8, 4) is 6.07 Å². The topological polar surface area (TPSA) is 27.0 Å². The van der Waals surface area contributed by atoms with E-state index in [1.54, 1.807) is 36.2 Å². The second-order valence-electron chi connectivity index (χ2n) is 4.26. The van der Waals surface area contributed by atoms with Crippen LogP contribution in [-0.2, 0) is 6.54 Å². The zero-order chi connectivity index (χ0) is 13.8. The van der Waals surface area contributed by atoms with Crippen molar-refractivity contribution in [1.29, 1.82) is 5.26 Å². The van der Waals surface area contributed by atoms with Crippen LogP contribution >= 0.6 is 0 Å². The van der Waals surface area contributed by atoms with Crippen LogP contribution in [0.3, 0.4) is 0 Å². The zero-order valence-electron chi connectivity index (χ0n) is 10.4. The fourth-order valence-corrected chi connectivity index (χ4v) is 1.83. The van der Waals surface area contributed by atoms with Gasteiger partial charge in [-0.3, -0.25) is 0 Å². The third kappa shape index (κ3) is 3.08. The Balaban J connectivity index is 2.26. The Labute approximate surface area is 110 Å². The Bertz CT molecular complexity index is 632. The van der Waals surface area contributed by atoms with Gasteiger partial charge in [-0.1, -0.05) is 18.2 Å². The first-order chi connectivity index (χ1) is 9.10. The molecule has 0 saturated heterocycles. The van der Waals surface area contributed by atoms with Crippen LogP contribution in [0.2, 0.25) is 0 Å². The van der Waals surface area contributed by atoms with Gasteiger partial charge in [0, 0.05) is 24.8 Å². The molecule has 0 radical (unpaired) electrons. The molecular formula is C15H12F2N2. The highest BCUT2D eigenvalue weighted by Crippen LogP contribution is 2.20. The highest BCUT2D eigenvalue weighted by atomic mass is 19.1. The van der Waals surface area contributed by atoms with E-state index in [1.165, 1.54) is 18.2 Å². The molecule has 0 atom stereocenters. The summed E-state index contributed by atoms with van der Waals surface area (Å²) in [5, 5.41) is 8.81. The lowest BCUT2D eigenvalue weighted by Gasteiger charge is -2.20. The molecule has 2 aromatic rings. The van der Waals surface area contributed by atoms with E-state index < -0.39 is 5.82 Å². The molecule has 2 nitrogen and oxygen atoms in total. The summed E-state index contributed by atoms with van der Waals surface area (Å²) in [6.45, 7) is 0.307. The number of halogens is 2. The van der Waals surface area contributed by atoms with Crippen LogP contribution in [0.5, 0.6) is 0 Å². The largest absolute Gasteiger partial charge is 0.370 e. The fourth-order valence-electron chi connectivity index (χ4n) is 1.83. The molecule has 0 heterocycles. The van der Waals surface area contributed by atoms with Gasteiger partial charge in [-0.2, -0.15) is 5.26 Å². The molecule has 0 unspecified atom stereocenters. The van der Waals surface area contributed by atoms with Crippen molar-refractivity contribution in [2.75, 3.05) is 11.9 Å². The maximum Gasteiger partial charge on any atom is 0.128 e. The van der Waals surface area contributed by atoms with Crippen molar-refractivity contribution < 1.29 is 8.78 Å². The Morgan fingerprint density at radius 2 is 1.89 bits per heavy atom. The maximum absolute atomic E-state index is 13.5. The van der Waals surface area contributed by atoms with Gasteiger partial charge in [-0.25, -0.2) is 8.78 Å². The zero-order valence-corrected chi connectivity index (χ0v) is 10.4. The van der Waals surface area contributed by atoms with E-state index in [4.69, 9.17) is 5.26 Å². The van der Waals surface area contributed by atoms with Crippen molar-refractivity contribution >= 4 is 5.69 Å². The molecule has 0 aliphatic rings. The summed E-state index contributed by atoms with van der Waals surface area (Å²) in [4.78, 5) is 1.70. The van der Waals surface area contributed by atoms with Crippen LogP contribution in [0.1, 0.15) is 11.1 Å². The van der Waals surface area contributed by atoms with Crippen molar-refractivity contribution in [2.24, 2.45) is 0 Å². The van der Waals surface area contributed by atoms with Crippen LogP contribution in [0, 0.1) is 23.0 Å². The minimum atomic E-state index is -0.477. The van der Waals surface area contributed by atoms with E-state index in [0.717, 1.165) is 0 Å². The first kappa shape index (κ1) is 13.0. The second kappa shape index (κ2) is 5.49. The normalized spacial score (nSPS) is 10.0. The van der Waals surface area contributed by atoms with E-state index >= 15 is 0 Å². The first-order valence-electron chi connectivity index (χ1n) is 5.75. The van der Waals surface area contributed by atoms with Crippen LogP contribution < -0.4 is 4.90 Å². The molecule has 0 amide bonds. The van der Waals surface area contributed by atoms with E-state index in [-0.39, 0.29) is 11.4 Å². The van der Waals surface area contributed by atoms with Crippen molar-refractivity contribution in [3.05, 3.63) is 65.2 Å². The molecule has 2 aromatic carbocycles. The van der Waals surface area contributed by atoms with Crippen LogP contribution in [-0.4, -0.2) is 7.05 Å². The van der Waals surface area contributed by atoms with Crippen LogP contribution in [0.4, 0.5) is 14.5 Å². The highest BCUT2D eigenvalue weighted by Gasteiger charge is 2.08. The monoisotopic (exact) mass is 258 g/mol. The Morgan fingerprint density at radius 1 is 1.16 bits per heavy atom. The number of benzene rings is 2. The number of hydrogen-bond acceptors (Lipinski definition) is 2. The number of anilines is 1. The van der Waals surface area contributed by atoms with Crippen molar-refractivity contribution in [3.63, 3.8) is 0 Å². The molecule has 0 aliphatic heterocycles. The van der Waals surface area contributed by atoms with Gasteiger partial charge in [-0.15, -0.1) is 0 Å². The smallest absolute Gasteiger partial charge is 0.128 e. The minimum Gasteiger partial charge on any atom is -0.370 e. The molecule has 0 aliphatic carbocycles. The maximum atomic E-state index is 13.5. The average molecular weight is 258 g/mol. The first-order valence-corrected chi connectivity index (χ1v) is 5.75. The third-order valence-corrected chi connectivity index (χ3v) is 2.82. The molecule has 0 N–H and O–H groups in total. The molecule has 2 rings (SSSR count). The average Bonchev–Trinajstić information content (AvgIpc) is 2.40. The molecule has 0 saturated carbocycles. The van der Waals surface area contributed by atoms with Gasteiger partial charge >= 0.3 is 0 Å². The summed E-state index contributed by atoms with van der Waals surface area (Å²) in [7, 11) is 1.72. The molecule has 96 valence electrons. The van der Waals surface area contributed by atoms with Crippen LogP contribution in [0.25, 0.3) is 0 Å². The minimum absolute atomic E-state index is 0.246. The van der Waals surface area contributed by atoms with Gasteiger partial charge in [0.15, 0.2) is 0 Å². The Morgan fingerprint density at radius 3 is 2.58 bits per heavy atom. The Hall–Kier alpha value is -2.41. The quantitative estimate of drug-likeness (QED) is 0.842. The second-order valence-corrected chi connectivity index (χ2v) is 4.26. The highest BCUT2D eigenvalue weighted by molar-refractivity contribution is 5.51.